The van der Waals surface area contributed by atoms with Gasteiger partial charge in [0.05, 0.1) is 17.7 Å². The van der Waals surface area contributed by atoms with E-state index in [9.17, 15) is 4.79 Å². The number of hydrogen-bond acceptors (Lipinski definition) is 3. The number of amides is 1. The van der Waals surface area contributed by atoms with Gasteiger partial charge in [-0.25, -0.2) is 4.98 Å². The summed E-state index contributed by atoms with van der Waals surface area (Å²) >= 11 is 1.55. The standard InChI is InChI=1S/C9H12N2OS/c1-9(2-3-9)8(12)10-4-7-5-13-6-11-7/h5-6H,2-4H2,1H3,(H,10,12). The molecule has 1 aromatic rings. The van der Waals surface area contributed by atoms with Gasteiger partial charge in [0.1, 0.15) is 0 Å². The first-order valence-electron chi connectivity index (χ1n) is 4.36. The molecule has 2 rings (SSSR count). The van der Waals surface area contributed by atoms with Gasteiger partial charge in [0.15, 0.2) is 0 Å². The molecule has 0 spiro atoms. The predicted molar refractivity (Wildman–Crippen MR) is 51.3 cm³/mol. The molecule has 0 aliphatic heterocycles. The fraction of sp³-hybridized carbons (Fsp3) is 0.556. The molecule has 0 radical (unpaired) electrons. The van der Waals surface area contributed by atoms with Gasteiger partial charge in [-0.1, -0.05) is 6.92 Å². The Morgan fingerprint density at radius 1 is 1.77 bits per heavy atom. The summed E-state index contributed by atoms with van der Waals surface area (Å²) in [6.07, 6.45) is 2.05. The summed E-state index contributed by atoms with van der Waals surface area (Å²) in [5.41, 5.74) is 2.65. The molecule has 3 nitrogen and oxygen atoms in total. The highest BCUT2D eigenvalue weighted by atomic mass is 32.1. The maximum absolute atomic E-state index is 11.5. The van der Waals surface area contributed by atoms with Gasteiger partial charge in [0, 0.05) is 10.8 Å². The molecule has 13 heavy (non-hydrogen) atoms. The van der Waals surface area contributed by atoms with Crippen LogP contribution in [0.4, 0.5) is 0 Å². The van der Waals surface area contributed by atoms with Crippen molar-refractivity contribution in [1.82, 2.24) is 10.3 Å². The number of thiazole rings is 1. The molecule has 1 N–H and O–H groups in total. The maximum Gasteiger partial charge on any atom is 0.226 e. The van der Waals surface area contributed by atoms with Gasteiger partial charge in [-0.3, -0.25) is 4.79 Å². The van der Waals surface area contributed by atoms with E-state index in [-0.39, 0.29) is 11.3 Å². The summed E-state index contributed by atoms with van der Waals surface area (Å²) in [5.74, 6) is 0.167. The van der Waals surface area contributed by atoms with Gasteiger partial charge in [0.25, 0.3) is 0 Å². The number of hydrogen-bond donors (Lipinski definition) is 1. The summed E-state index contributed by atoms with van der Waals surface area (Å²) < 4.78 is 0. The Hall–Kier alpha value is -0.900. The van der Waals surface area contributed by atoms with Crippen molar-refractivity contribution in [3.8, 4) is 0 Å². The van der Waals surface area contributed by atoms with Gasteiger partial charge in [0.2, 0.25) is 5.91 Å². The molecule has 1 amide bonds. The largest absolute Gasteiger partial charge is 0.350 e. The topological polar surface area (TPSA) is 42.0 Å². The monoisotopic (exact) mass is 196 g/mol. The molecule has 0 unspecified atom stereocenters. The lowest BCUT2D eigenvalue weighted by atomic mass is 10.1. The van der Waals surface area contributed by atoms with Gasteiger partial charge < -0.3 is 5.32 Å². The van der Waals surface area contributed by atoms with Crippen LogP contribution < -0.4 is 5.32 Å². The second-order valence-corrected chi connectivity index (χ2v) is 4.44. The third kappa shape index (κ3) is 1.88. The van der Waals surface area contributed by atoms with E-state index in [1.807, 2.05) is 12.3 Å². The lowest BCUT2D eigenvalue weighted by Crippen LogP contribution is -2.29. The van der Waals surface area contributed by atoms with E-state index in [0.717, 1.165) is 18.5 Å². The van der Waals surface area contributed by atoms with E-state index in [4.69, 9.17) is 0 Å². The fourth-order valence-corrected chi connectivity index (χ4v) is 1.68. The first kappa shape index (κ1) is 8.69. The summed E-state index contributed by atoms with van der Waals surface area (Å²) in [6.45, 7) is 2.57. The van der Waals surface area contributed by atoms with Crippen LogP contribution >= 0.6 is 11.3 Å². The first-order chi connectivity index (χ1) is 6.21. The number of carbonyl (C=O) groups excluding carboxylic acids is 1. The van der Waals surface area contributed by atoms with Gasteiger partial charge in [-0.15, -0.1) is 11.3 Å². The van der Waals surface area contributed by atoms with Crippen LogP contribution in [-0.4, -0.2) is 10.9 Å². The molecule has 1 saturated carbocycles. The molecule has 4 heteroatoms. The van der Waals surface area contributed by atoms with Crippen LogP contribution in [-0.2, 0) is 11.3 Å². The minimum atomic E-state index is -0.0734. The Kier molecular flexibility index (Phi) is 2.07. The summed E-state index contributed by atoms with van der Waals surface area (Å²) in [6, 6.07) is 0. The molecular formula is C9H12N2OS. The Morgan fingerprint density at radius 2 is 2.54 bits per heavy atom. The smallest absolute Gasteiger partial charge is 0.226 e. The zero-order chi connectivity index (χ0) is 9.31. The summed E-state index contributed by atoms with van der Waals surface area (Å²) in [4.78, 5) is 15.6. The van der Waals surface area contributed by atoms with Crippen LogP contribution in [0, 0.1) is 5.41 Å². The van der Waals surface area contributed by atoms with Crippen LogP contribution in [0.25, 0.3) is 0 Å². The van der Waals surface area contributed by atoms with E-state index < -0.39 is 0 Å². The van der Waals surface area contributed by atoms with Crippen LogP contribution in [0.15, 0.2) is 10.9 Å². The van der Waals surface area contributed by atoms with Crippen molar-refractivity contribution in [2.45, 2.75) is 26.3 Å². The van der Waals surface area contributed by atoms with Crippen LogP contribution in [0.1, 0.15) is 25.5 Å². The Bertz CT molecular complexity index is 303. The average molecular weight is 196 g/mol. The highest BCUT2D eigenvalue weighted by Gasteiger charge is 2.44. The van der Waals surface area contributed by atoms with Crippen molar-refractivity contribution in [3.05, 3.63) is 16.6 Å². The number of nitrogens with one attached hydrogen (secondary N) is 1. The van der Waals surface area contributed by atoms with Gasteiger partial charge >= 0.3 is 0 Å². The molecule has 1 aliphatic carbocycles. The van der Waals surface area contributed by atoms with E-state index in [1.165, 1.54) is 0 Å². The first-order valence-corrected chi connectivity index (χ1v) is 5.30. The minimum Gasteiger partial charge on any atom is -0.350 e. The van der Waals surface area contributed by atoms with E-state index in [2.05, 4.69) is 10.3 Å². The average Bonchev–Trinajstić information content (AvgIpc) is 2.70. The lowest BCUT2D eigenvalue weighted by molar-refractivity contribution is -0.125. The van der Waals surface area contributed by atoms with Crippen LogP contribution in [0.3, 0.4) is 0 Å². The van der Waals surface area contributed by atoms with Crippen LogP contribution in [0.5, 0.6) is 0 Å². The normalized spacial score (nSPS) is 18.2. The summed E-state index contributed by atoms with van der Waals surface area (Å²) in [7, 11) is 0. The molecule has 1 heterocycles. The number of aromatic nitrogens is 1. The molecule has 0 atom stereocenters. The fourth-order valence-electron chi connectivity index (χ4n) is 1.12. The van der Waals surface area contributed by atoms with Crippen molar-refractivity contribution in [1.29, 1.82) is 0 Å². The zero-order valence-corrected chi connectivity index (χ0v) is 8.36. The molecule has 1 aliphatic rings. The number of carbonyl (C=O) groups is 1. The van der Waals surface area contributed by atoms with Crippen LogP contribution in [0.2, 0.25) is 0 Å². The molecule has 1 fully saturated rings. The van der Waals surface area contributed by atoms with Crippen molar-refractivity contribution in [2.75, 3.05) is 0 Å². The zero-order valence-electron chi connectivity index (χ0n) is 7.54. The molecule has 0 bridgehead atoms. The summed E-state index contributed by atoms with van der Waals surface area (Å²) in [5, 5.41) is 4.85. The van der Waals surface area contributed by atoms with E-state index >= 15 is 0 Å². The molecule has 0 aromatic carbocycles. The highest BCUT2D eigenvalue weighted by Crippen LogP contribution is 2.44. The molecule has 1 aromatic heterocycles. The third-order valence-electron chi connectivity index (χ3n) is 2.46. The number of nitrogens with zero attached hydrogens (tertiary/aromatic N) is 1. The van der Waals surface area contributed by atoms with Crippen molar-refractivity contribution in [3.63, 3.8) is 0 Å². The SMILES string of the molecule is CC1(C(=O)NCc2cscn2)CC1. The van der Waals surface area contributed by atoms with Gasteiger partial charge in [-0.2, -0.15) is 0 Å². The third-order valence-corrected chi connectivity index (χ3v) is 3.10. The second kappa shape index (κ2) is 3.10. The van der Waals surface area contributed by atoms with Crippen molar-refractivity contribution in [2.24, 2.45) is 5.41 Å². The minimum absolute atomic E-state index is 0.0734. The van der Waals surface area contributed by atoms with Crippen molar-refractivity contribution < 1.29 is 4.79 Å². The quantitative estimate of drug-likeness (QED) is 0.797. The number of rotatable bonds is 3. The van der Waals surface area contributed by atoms with Gasteiger partial charge in [-0.05, 0) is 12.8 Å². The Balaban J connectivity index is 1.83. The Morgan fingerprint density at radius 3 is 3.08 bits per heavy atom. The van der Waals surface area contributed by atoms with E-state index in [1.54, 1.807) is 16.8 Å². The second-order valence-electron chi connectivity index (χ2n) is 3.72. The maximum atomic E-state index is 11.5. The molecule has 70 valence electrons. The lowest BCUT2D eigenvalue weighted by Gasteiger charge is -2.07. The highest BCUT2D eigenvalue weighted by molar-refractivity contribution is 7.07. The molecule has 0 saturated heterocycles. The Labute approximate surface area is 81.2 Å². The predicted octanol–water partition coefficient (Wildman–Crippen LogP) is 1.56. The van der Waals surface area contributed by atoms with E-state index in [0.29, 0.717) is 6.54 Å². The molecular weight excluding hydrogens is 184 g/mol. The van der Waals surface area contributed by atoms with Crippen molar-refractivity contribution >= 4 is 17.2 Å².